The predicted octanol–water partition coefficient (Wildman–Crippen LogP) is 1.77. The van der Waals surface area contributed by atoms with Crippen molar-refractivity contribution >= 4 is 11.5 Å². The van der Waals surface area contributed by atoms with Crippen LogP contribution >= 0.6 is 0 Å². The molecule has 1 aromatic carbocycles. The summed E-state index contributed by atoms with van der Waals surface area (Å²) in [4.78, 5) is 10.2. The minimum absolute atomic E-state index is 0.112. The molecule has 1 heterocycles. The number of anilines is 1. The second-order valence-electron chi connectivity index (χ2n) is 3.49. The number of nitrogens with two attached hydrogens (primary N) is 1. The van der Waals surface area contributed by atoms with Crippen LogP contribution in [0.25, 0.3) is 0 Å². The Morgan fingerprint density at radius 3 is 2.58 bits per heavy atom. The molecule has 0 bridgehead atoms. The third kappa shape index (κ3) is 2.86. The van der Waals surface area contributed by atoms with Gasteiger partial charge in [0.1, 0.15) is 5.82 Å². The highest BCUT2D eigenvalue weighted by atomic mass is 16.6. The Morgan fingerprint density at radius 2 is 2.00 bits per heavy atom. The van der Waals surface area contributed by atoms with Crippen LogP contribution in [-0.2, 0) is 0 Å². The Balaban J connectivity index is 2.34. The maximum atomic E-state index is 10.7. The van der Waals surface area contributed by atoms with Crippen molar-refractivity contribution in [3.05, 3.63) is 40.4 Å². The van der Waals surface area contributed by atoms with Crippen molar-refractivity contribution in [3.63, 3.8) is 0 Å². The molecule has 8 heteroatoms. The molecular formula is C11H10N4O4. The van der Waals surface area contributed by atoms with Gasteiger partial charge in [-0.15, -0.1) is 10.2 Å². The van der Waals surface area contributed by atoms with Gasteiger partial charge in [0.05, 0.1) is 18.1 Å². The molecule has 2 aromatic rings. The van der Waals surface area contributed by atoms with Crippen LogP contribution in [0.15, 0.2) is 30.3 Å². The van der Waals surface area contributed by atoms with Crippen LogP contribution in [-0.4, -0.2) is 22.2 Å². The summed E-state index contributed by atoms with van der Waals surface area (Å²) < 4.78 is 10.4. The monoisotopic (exact) mass is 262 g/mol. The van der Waals surface area contributed by atoms with E-state index in [0.29, 0.717) is 5.75 Å². The van der Waals surface area contributed by atoms with Gasteiger partial charge < -0.3 is 15.2 Å². The van der Waals surface area contributed by atoms with E-state index in [4.69, 9.17) is 15.2 Å². The number of ether oxygens (including phenoxy) is 2. The Kier molecular flexibility index (Phi) is 3.42. The predicted molar refractivity (Wildman–Crippen MR) is 66.2 cm³/mol. The lowest BCUT2D eigenvalue weighted by Gasteiger charge is -2.08. The molecular weight excluding hydrogens is 252 g/mol. The molecule has 1 aromatic heterocycles. The van der Waals surface area contributed by atoms with Gasteiger partial charge in [-0.3, -0.25) is 10.1 Å². The minimum Gasteiger partial charge on any atom is -0.493 e. The summed E-state index contributed by atoms with van der Waals surface area (Å²) in [5.41, 5.74) is 5.28. The number of rotatable bonds is 4. The summed E-state index contributed by atoms with van der Waals surface area (Å²) in [6.45, 7) is 0. The summed E-state index contributed by atoms with van der Waals surface area (Å²) in [6.07, 6.45) is 0. The number of non-ortho nitro benzene ring substituents is 1. The average molecular weight is 262 g/mol. The van der Waals surface area contributed by atoms with Gasteiger partial charge in [-0.1, -0.05) is 0 Å². The zero-order chi connectivity index (χ0) is 13.8. The number of hydrogen-bond acceptors (Lipinski definition) is 7. The van der Waals surface area contributed by atoms with E-state index in [1.165, 1.54) is 37.4 Å². The number of aromatic nitrogens is 2. The van der Waals surface area contributed by atoms with Crippen LogP contribution in [0.5, 0.6) is 17.4 Å². The molecule has 0 aliphatic rings. The molecule has 0 fully saturated rings. The molecule has 0 atom stereocenters. The number of hydrogen-bond donors (Lipinski definition) is 1. The lowest BCUT2D eigenvalue weighted by Crippen LogP contribution is -1.97. The summed E-state index contributed by atoms with van der Waals surface area (Å²) >= 11 is 0. The molecule has 2 N–H and O–H groups in total. The summed E-state index contributed by atoms with van der Waals surface area (Å²) in [6, 6.07) is 7.02. The van der Waals surface area contributed by atoms with Crippen LogP contribution in [0.4, 0.5) is 11.5 Å². The highest BCUT2D eigenvalue weighted by molar-refractivity contribution is 5.49. The number of benzene rings is 1. The Hall–Kier alpha value is -2.90. The molecule has 98 valence electrons. The van der Waals surface area contributed by atoms with Gasteiger partial charge in [-0.25, -0.2) is 0 Å². The largest absolute Gasteiger partial charge is 0.493 e. The average Bonchev–Trinajstić information content (AvgIpc) is 2.41. The highest BCUT2D eigenvalue weighted by Gasteiger charge is 2.13. The Bertz CT molecular complexity index is 600. The van der Waals surface area contributed by atoms with Gasteiger partial charge in [-0.2, -0.15) is 0 Å². The molecule has 8 nitrogen and oxygen atoms in total. The van der Waals surface area contributed by atoms with Gasteiger partial charge in [0.15, 0.2) is 11.5 Å². The van der Waals surface area contributed by atoms with Crippen molar-refractivity contribution in [1.82, 2.24) is 10.2 Å². The van der Waals surface area contributed by atoms with Gasteiger partial charge >= 0.3 is 0 Å². The van der Waals surface area contributed by atoms with Gasteiger partial charge in [0.2, 0.25) is 5.88 Å². The van der Waals surface area contributed by atoms with Crippen molar-refractivity contribution in [2.24, 2.45) is 0 Å². The van der Waals surface area contributed by atoms with Crippen LogP contribution < -0.4 is 15.2 Å². The lowest BCUT2D eigenvalue weighted by molar-refractivity contribution is -0.384. The molecule has 0 amide bonds. The van der Waals surface area contributed by atoms with Crippen LogP contribution in [0.3, 0.4) is 0 Å². The van der Waals surface area contributed by atoms with E-state index >= 15 is 0 Å². The number of nitro groups is 1. The van der Waals surface area contributed by atoms with Crippen molar-refractivity contribution in [1.29, 1.82) is 0 Å². The second-order valence-corrected chi connectivity index (χ2v) is 3.49. The first-order chi connectivity index (χ1) is 9.10. The quantitative estimate of drug-likeness (QED) is 0.659. The standard InChI is InChI=1S/C11H10N4O4/c1-18-8-3-2-7(15(16)17)6-9(8)19-11-5-4-10(12)13-14-11/h2-6H,1H3,(H2,12,13). The normalized spacial score (nSPS) is 9.95. The molecule has 2 rings (SSSR count). The van der Waals surface area contributed by atoms with E-state index in [0.717, 1.165) is 0 Å². The number of nitrogens with zero attached hydrogens (tertiary/aromatic N) is 3. The first-order valence-corrected chi connectivity index (χ1v) is 5.19. The SMILES string of the molecule is COc1ccc([N+](=O)[O-])cc1Oc1ccc(N)nn1. The van der Waals surface area contributed by atoms with Crippen molar-refractivity contribution in [3.8, 4) is 17.4 Å². The minimum atomic E-state index is -0.527. The molecule has 19 heavy (non-hydrogen) atoms. The highest BCUT2D eigenvalue weighted by Crippen LogP contribution is 2.33. The van der Waals surface area contributed by atoms with Crippen LogP contribution in [0.1, 0.15) is 0 Å². The maximum absolute atomic E-state index is 10.7. The smallest absolute Gasteiger partial charge is 0.273 e. The Labute approximate surface area is 107 Å². The lowest BCUT2D eigenvalue weighted by atomic mass is 10.3. The Morgan fingerprint density at radius 1 is 1.21 bits per heavy atom. The zero-order valence-electron chi connectivity index (χ0n) is 9.94. The van der Waals surface area contributed by atoms with Gasteiger partial charge in [0.25, 0.3) is 5.69 Å². The van der Waals surface area contributed by atoms with E-state index in [1.807, 2.05) is 0 Å². The maximum Gasteiger partial charge on any atom is 0.273 e. The van der Waals surface area contributed by atoms with Crippen molar-refractivity contribution < 1.29 is 14.4 Å². The van der Waals surface area contributed by atoms with E-state index in [2.05, 4.69) is 10.2 Å². The van der Waals surface area contributed by atoms with E-state index in [1.54, 1.807) is 0 Å². The third-order valence-electron chi connectivity index (χ3n) is 2.23. The number of nitro benzene ring substituents is 1. The topological polar surface area (TPSA) is 113 Å². The fourth-order valence-corrected chi connectivity index (χ4v) is 1.36. The first kappa shape index (κ1) is 12.6. The van der Waals surface area contributed by atoms with Crippen LogP contribution in [0, 0.1) is 10.1 Å². The molecule has 0 aliphatic heterocycles. The van der Waals surface area contributed by atoms with Gasteiger partial charge in [0, 0.05) is 12.1 Å². The number of nitrogen functional groups attached to an aromatic ring is 1. The van der Waals surface area contributed by atoms with E-state index in [-0.39, 0.29) is 23.1 Å². The fraction of sp³-hybridized carbons (Fsp3) is 0.0909. The summed E-state index contributed by atoms with van der Waals surface area (Å²) in [5, 5.41) is 18.0. The zero-order valence-corrected chi connectivity index (χ0v) is 9.94. The molecule has 0 saturated heterocycles. The number of methoxy groups -OCH3 is 1. The van der Waals surface area contributed by atoms with E-state index in [9.17, 15) is 10.1 Å². The van der Waals surface area contributed by atoms with Crippen LogP contribution in [0.2, 0.25) is 0 Å². The van der Waals surface area contributed by atoms with Crippen molar-refractivity contribution in [2.45, 2.75) is 0 Å². The fourth-order valence-electron chi connectivity index (χ4n) is 1.36. The third-order valence-corrected chi connectivity index (χ3v) is 2.23. The first-order valence-electron chi connectivity index (χ1n) is 5.19. The molecule has 0 radical (unpaired) electrons. The summed E-state index contributed by atoms with van der Waals surface area (Å²) in [7, 11) is 1.43. The second kappa shape index (κ2) is 5.17. The summed E-state index contributed by atoms with van der Waals surface area (Å²) in [5.74, 6) is 0.936. The molecule has 0 saturated carbocycles. The molecule has 0 spiro atoms. The van der Waals surface area contributed by atoms with E-state index < -0.39 is 4.92 Å². The molecule has 0 aliphatic carbocycles. The van der Waals surface area contributed by atoms with Crippen molar-refractivity contribution in [2.75, 3.05) is 12.8 Å². The molecule has 0 unspecified atom stereocenters. The van der Waals surface area contributed by atoms with Gasteiger partial charge in [-0.05, 0) is 12.1 Å².